The van der Waals surface area contributed by atoms with Crippen LogP contribution in [0.15, 0.2) is 24.3 Å². The molecule has 0 unspecified atom stereocenters. The Labute approximate surface area is 163 Å². The lowest BCUT2D eigenvalue weighted by atomic mass is 10.1. The Morgan fingerprint density at radius 3 is 2.11 bits per heavy atom. The molecule has 2 aliphatic heterocycles. The molecule has 0 bridgehead atoms. The van der Waals surface area contributed by atoms with E-state index in [0.717, 1.165) is 4.90 Å². The molecule has 0 radical (unpaired) electrons. The smallest absolute Gasteiger partial charge is 0.410 e. The number of piperidine rings is 1. The van der Waals surface area contributed by atoms with Crippen LogP contribution in [-0.4, -0.2) is 64.9 Å². The van der Waals surface area contributed by atoms with E-state index in [4.69, 9.17) is 4.74 Å². The topological polar surface area (TPSA) is 96.0 Å². The Hall–Kier alpha value is -2.90. The second-order valence-corrected chi connectivity index (χ2v) is 8.05. The van der Waals surface area contributed by atoms with Gasteiger partial charge in [-0.2, -0.15) is 0 Å². The third-order valence-electron chi connectivity index (χ3n) is 4.69. The van der Waals surface area contributed by atoms with Crippen molar-refractivity contribution in [3.63, 3.8) is 0 Å². The van der Waals surface area contributed by atoms with Crippen LogP contribution in [0.4, 0.5) is 4.79 Å². The highest BCUT2D eigenvalue weighted by atomic mass is 16.6. The van der Waals surface area contributed by atoms with Crippen LogP contribution in [0, 0.1) is 0 Å². The number of benzene rings is 1. The first-order valence-corrected chi connectivity index (χ1v) is 9.38. The summed E-state index contributed by atoms with van der Waals surface area (Å²) in [5, 5.41) is 2.86. The molecule has 1 aromatic rings. The second-order valence-electron chi connectivity index (χ2n) is 8.05. The first-order valence-electron chi connectivity index (χ1n) is 9.38. The van der Waals surface area contributed by atoms with Gasteiger partial charge in [0.2, 0.25) is 5.91 Å². The fourth-order valence-corrected chi connectivity index (χ4v) is 3.33. The van der Waals surface area contributed by atoms with Gasteiger partial charge in [0.15, 0.2) is 0 Å². The summed E-state index contributed by atoms with van der Waals surface area (Å²) in [6, 6.07) is 6.43. The number of ether oxygens (including phenoxy) is 1. The van der Waals surface area contributed by atoms with Crippen molar-refractivity contribution in [2.45, 2.75) is 45.3 Å². The summed E-state index contributed by atoms with van der Waals surface area (Å²) in [6.45, 7) is 6.10. The number of fused-ring (bicyclic) bond motifs is 1. The minimum absolute atomic E-state index is 0.110. The third kappa shape index (κ3) is 4.32. The van der Waals surface area contributed by atoms with Gasteiger partial charge in [-0.05, 0) is 45.7 Å². The Morgan fingerprint density at radius 1 is 1.07 bits per heavy atom. The number of nitrogens with one attached hydrogen (secondary N) is 1. The Balaban J connectivity index is 1.49. The van der Waals surface area contributed by atoms with E-state index in [1.165, 1.54) is 0 Å². The summed E-state index contributed by atoms with van der Waals surface area (Å²) < 4.78 is 5.35. The monoisotopic (exact) mass is 387 g/mol. The molecule has 2 aliphatic rings. The van der Waals surface area contributed by atoms with E-state index in [9.17, 15) is 19.2 Å². The number of nitrogens with zero attached hydrogens (tertiary/aromatic N) is 2. The number of amides is 4. The molecule has 1 saturated heterocycles. The second kappa shape index (κ2) is 7.61. The van der Waals surface area contributed by atoms with Gasteiger partial charge in [-0.25, -0.2) is 4.79 Å². The fourth-order valence-electron chi connectivity index (χ4n) is 3.33. The maximum absolute atomic E-state index is 12.4. The van der Waals surface area contributed by atoms with Crippen molar-refractivity contribution in [3.8, 4) is 0 Å². The van der Waals surface area contributed by atoms with Gasteiger partial charge in [0.25, 0.3) is 11.8 Å². The number of carbonyl (C=O) groups is 4. The number of rotatable bonds is 3. The lowest BCUT2D eigenvalue weighted by Gasteiger charge is -2.33. The number of imide groups is 1. The quantitative estimate of drug-likeness (QED) is 0.798. The molecular formula is C20H25N3O5. The molecule has 0 atom stereocenters. The van der Waals surface area contributed by atoms with Crippen LogP contribution in [-0.2, 0) is 9.53 Å². The molecule has 0 aromatic heterocycles. The maximum atomic E-state index is 12.4. The number of hydrogen-bond acceptors (Lipinski definition) is 5. The zero-order chi connectivity index (χ0) is 20.5. The molecule has 3 rings (SSSR count). The highest BCUT2D eigenvalue weighted by Crippen LogP contribution is 2.22. The predicted octanol–water partition coefficient (Wildman–Crippen LogP) is 1.80. The normalized spacial score (nSPS) is 17.5. The van der Waals surface area contributed by atoms with E-state index in [1.807, 2.05) is 20.8 Å². The highest BCUT2D eigenvalue weighted by Gasteiger charge is 2.36. The van der Waals surface area contributed by atoms with Crippen molar-refractivity contribution in [1.82, 2.24) is 15.1 Å². The molecule has 0 aliphatic carbocycles. The van der Waals surface area contributed by atoms with Crippen molar-refractivity contribution in [1.29, 1.82) is 0 Å². The van der Waals surface area contributed by atoms with Crippen LogP contribution >= 0.6 is 0 Å². The van der Waals surface area contributed by atoms with Gasteiger partial charge in [0, 0.05) is 19.1 Å². The van der Waals surface area contributed by atoms with Crippen molar-refractivity contribution in [2.75, 3.05) is 19.6 Å². The molecule has 1 aromatic carbocycles. The maximum Gasteiger partial charge on any atom is 0.410 e. The first-order chi connectivity index (χ1) is 13.2. The third-order valence-corrected chi connectivity index (χ3v) is 4.69. The first kappa shape index (κ1) is 19.9. The molecular weight excluding hydrogens is 362 g/mol. The zero-order valence-electron chi connectivity index (χ0n) is 16.4. The van der Waals surface area contributed by atoms with E-state index in [2.05, 4.69) is 5.32 Å². The SMILES string of the molecule is CC(C)(C)OC(=O)N1CCC(NC(=O)CN2C(=O)c3ccccc3C2=O)CC1. The average Bonchev–Trinajstić information content (AvgIpc) is 2.86. The van der Waals surface area contributed by atoms with Gasteiger partial charge >= 0.3 is 6.09 Å². The molecule has 0 spiro atoms. The zero-order valence-corrected chi connectivity index (χ0v) is 16.4. The summed E-state index contributed by atoms with van der Waals surface area (Å²) in [5.41, 5.74) is 0.103. The van der Waals surface area contributed by atoms with Gasteiger partial charge in [-0.15, -0.1) is 0 Å². The van der Waals surface area contributed by atoms with Crippen LogP contribution < -0.4 is 5.32 Å². The summed E-state index contributed by atoms with van der Waals surface area (Å²) >= 11 is 0. The molecule has 0 saturated carbocycles. The molecule has 1 N–H and O–H groups in total. The van der Waals surface area contributed by atoms with Crippen molar-refractivity contribution in [2.24, 2.45) is 0 Å². The number of hydrogen-bond donors (Lipinski definition) is 1. The summed E-state index contributed by atoms with van der Waals surface area (Å²) in [5.74, 6) is -1.28. The summed E-state index contributed by atoms with van der Waals surface area (Å²) in [7, 11) is 0. The largest absolute Gasteiger partial charge is 0.444 e. The van der Waals surface area contributed by atoms with E-state index in [0.29, 0.717) is 37.1 Å². The van der Waals surface area contributed by atoms with Crippen LogP contribution in [0.3, 0.4) is 0 Å². The predicted molar refractivity (Wildman–Crippen MR) is 101 cm³/mol. The van der Waals surface area contributed by atoms with Gasteiger partial charge < -0.3 is 15.0 Å². The van der Waals surface area contributed by atoms with E-state index >= 15 is 0 Å². The molecule has 28 heavy (non-hydrogen) atoms. The van der Waals surface area contributed by atoms with Gasteiger partial charge in [0.05, 0.1) is 11.1 Å². The lowest BCUT2D eigenvalue weighted by molar-refractivity contribution is -0.122. The molecule has 8 nitrogen and oxygen atoms in total. The molecule has 2 heterocycles. The Kier molecular flexibility index (Phi) is 5.40. The van der Waals surface area contributed by atoms with Crippen LogP contribution in [0.25, 0.3) is 0 Å². The van der Waals surface area contributed by atoms with E-state index < -0.39 is 17.4 Å². The van der Waals surface area contributed by atoms with Crippen molar-refractivity contribution < 1.29 is 23.9 Å². The minimum Gasteiger partial charge on any atom is -0.444 e. The van der Waals surface area contributed by atoms with Crippen LogP contribution in [0.1, 0.15) is 54.3 Å². The molecule has 8 heteroatoms. The fraction of sp³-hybridized carbons (Fsp3) is 0.500. The summed E-state index contributed by atoms with van der Waals surface area (Å²) in [4.78, 5) is 51.7. The van der Waals surface area contributed by atoms with Crippen molar-refractivity contribution in [3.05, 3.63) is 35.4 Å². The molecule has 150 valence electrons. The molecule has 1 fully saturated rings. The number of likely N-dealkylation sites (tertiary alicyclic amines) is 1. The van der Waals surface area contributed by atoms with E-state index in [1.54, 1.807) is 29.2 Å². The van der Waals surface area contributed by atoms with Gasteiger partial charge in [-0.1, -0.05) is 12.1 Å². The number of carbonyl (C=O) groups excluding carboxylic acids is 4. The standard InChI is InChI=1S/C20H25N3O5/c1-20(2,3)28-19(27)22-10-8-13(9-11-22)21-16(24)12-23-17(25)14-6-4-5-7-15(14)18(23)26/h4-7,13H,8-12H2,1-3H3,(H,21,24). The average molecular weight is 387 g/mol. The van der Waals surface area contributed by atoms with E-state index in [-0.39, 0.29) is 24.6 Å². The minimum atomic E-state index is -0.547. The van der Waals surface area contributed by atoms with Crippen LogP contribution in [0.5, 0.6) is 0 Å². The van der Waals surface area contributed by atoms with Crippen molar-refractivity contribution >= 4 is 23.8 Å². The summed E-state index contributed by atoms with van der Waals surface area (Å²) in [6.07, 6.45) is 0.823. The lowest BCUT2D eigenvalue weighted by Crippen LogP contribution is -2.50. The Morgan fingerprint density at radius 2 is 1.61 bits per heavy atom. The highest BCUT2D eigenvalue weighted by molar-refractivity contribution is 6.22. The molecule has 4 amide bonds. The van der Waals surface area contributed by atoms with Gasteiger partial charge in [-0.3, -0.25) is 19.3 Å². The van der Waals surface area contributed by atoms with Gasteiger partial charge in [0.1, 0.15) is 12.1 Å². The Bertz CT molecular complexity index is 771. The van der Waals surface area contributed by atoms with Crippen LogP contribution in [0.2, 0.25) is 0 Å².